The summed E-state index contributed by atoms with van der Waals surface area (Å²) in [5, 5.41) is 6.21. The van der Waals surface area contributed by atoms with E-state index in [2.05, 4.69) is 10.2 Å². The molecule has 0 saturated heterocycles. The Balaban J connectivity index is 2.16. The lowest BCUT2D eigenvalue weighted by Crippen LogP contribution is -2.10. The number of rotatable bonds is 3. The van der Waals surface area contributed by atoms with Gasteiger partial charge in [0.1, 0.15) is 6.61 Å². The summed E-state index contributed by atoms with van der Waals surface area (Å²) >= 11 is 0. The Morgan fingerprint density at radius 3 is 2.59 bits per heavy atom. The number of alkyl halides is 3. The molecular weight excluding hydrogens is 233 g/mol. The van der Waals surface area contributed by atoms with Gasteiger partial charge in [0.25, 0.3) is 0 Å². The molecule has 1 N–H and O–H groups in total. The highest BCUT2D eigenvalue weighted by atomic mass is 19.4. The van der Waals surface area contributed by atoms with Gasteiger partial charge in [-0.05, 0) is 6.07 Å². The first-order chi connectivity index (χ1) is 8.07. The van der Waals surface area contributed by atoms with Crippen molar-refractivity contribution in [2.45, 2.75) is 12.8 Å². The van der Waals surface area contributed by atoms with E-state index >= 15 is 0 Å². The second-order valence-electron chi connectivity index (χ2n) is 3.36. The lowest BCUT2D eigenvalue weighted by atomic mass is 10.1. The summed E-state index contributed by atoms with van der Waals surface area (Å²) in [4.78, 5) is 0. The molecule has 17 heavy (non-hydrogen) atoms. The summed E-state index contributed by atoms with van der Waals surface area (Å²) in [6.45, 7) is -0.166. The van der Waals surface area contributed by atoms with Crippen LogP contribution in [0.2, 0.25) is 0 Å². The maximum Gasteiger partial charge on any atom is 0.416 e. The number of aromatic nitrogens is 2. The van der Waals surface area contributed by atoms with Gasteiger partial charge in [-0.1, -0.05) is 18.2 Å². The zero-order valence-corrected chi connectivity index (χ0v) is 8.66. The first-order valence-electron chi connectivity index (χ1n) is 4.85. The minimum atomic E-state index is -4.37. The molecule has 0 atom stereocenters. The van der Waals surface area contributed by atoms with E-state index in [1.54, 1.807) is 6.07 Å². The molecule has 1 heterocycles. The minimum Gasteiger partial charge on any atom is -0.472 e. The van der Waals surface area contributed by atoms with Crippen molar-refractivity contribution in [3.8, 4) is 5.88 Å². The fourth-order valence-corrected chi connectivity index (χ4v) is 1.40. The van der Waals surface area contributed by atoms with Crippen molar-refractivity contribution in [3.63, 3.8) is 0 Å². The first-order valence-corrected chi connectivity index (χ1v) is 4.85. The third-order valence-corrected chi connectivity index (χ3v) is 2.17. The third-order valence-electron chi connectivity index (χ3n) is 2.17. The van der Waals surface area contributed by atoms with Crippen molar-refractivity contribution in [2.24, 2.45) is 0 Å². The van der Waals surface area contributed by atoms with Crippen LogP contribution in [0.5, 0.6) is 5.88 Å². The molecule has 2 rings (SSSR count). The van der Waals surface area contributed by atoms with Crippen molar-refractivity contribution in [2.75, 3.05) is 0 Å². The fourth-order valence-electron chi connectivity index (χ4n) is 1.40. The molecule has 0 saturated carbocycles. The molecule has 6 heteroatoms. The fraction of sp³-hybridized carbons (Fsp3) is 0.182. The average Bonchev–Trinajstić information content (AvgIpc) is 2.78. The lowest BCUT2D eigenvalue weighted by Gasteiger charge is -2.12. The molecule has 0 unspecified atom stereocenters. The van der Waals surface area contributed by atoms with Crippen molar-refractivity contribution in [3.05, 3.63) is 47.7 Å². The SMILES string of the molecule is FC(F)(F)c1ccccc1COc1cc[nH]n1. The molecule has 1 aromatic heterocycles. The van der Waals surface area contributed by atoms with Crippen LogP contribution in [0.3, 0.4) is 0 Å². The normalized spacial score (nSPS) is 11.5. The molecule has 0 aliphatic rings. The molecule has 0 spiro atoms. The van der Waals surface area contributed by atoms with Gasteiger partial charge >= 0.3 is 6.18 Å². The van der Waals surface area contributed by atoms with Crippen LogP contribution >= 0.6 is 0 Å². The molecular formula is C11H9F3N2O. The van der Waals surface area contributed by atoms with Crippen LogP contribution in [0, 0.1) is 0 Å². The summed E-state index contributed by atoms with van der Waals surface area (Å²) in [6.07, 6.45) is -2.84. The number of aromatic amines is 1. The van der Waals surface area contributed by atoms with Crippen molar-refractivity contribution in [1.29, 1.82) is 0 Å². The van der Waals surface area contributed by atoms with E-state index in [9.17, 15) is 13.2 Å². The number of ether oxygens (including phenoxy) is 1. The van der Waals surface area contributed by atoms with E-state index in [4.69, 9.17) is 4.74 Å². The molecule has 0 radical (unpaired) electrons. The standard InChI is InChI=1S/C11H9F3N2O/c12-11(13,14)9-4-2-1-3-8(9)7-17-10-5-6-15-16-10/h1-6H,7H2,(H,15,16). The van der Waals surface area contributed by atoms with Crippen molar-refractivity contribution in [1.82, 2.24) is 10.2 Å². The summed E-state index contributed by atoms with van der Waals surface area (Å²) in [6, 6.07) is 6.84. The third kappa shape index (κ3) is 2.77. The maximum absolute atomic E-state index is 12.6. The molecule has 0 aliphatic carbocycles. The lowest BCUT2D eigenvalue weighted by molar-refractivity contribution is -0.138. The number of hydrogen-bond donors (Lipinski definition) is 1. The summed E-state index contributed by atoms with van der Waals surface area (Å²) in [5.74, 6) is 0.266. The Hall–Kier alpha value is -1.98. The Labute approximate surface area is 95.2 Å². The zero-order valence-electron chi connectivity index (χ0n) is 8.66. The maximum atomic E-state index is 12.6. The van der Waals surface area contributed by atoms with Gasteiger partial charge < -0.3 is 4.74 Å². The highest BCUT2D eigenvalue weighted by Gasteiger charge is 2.32. The Kier molecular flexibility index (Phi) is 3.03. The van der Waals surface area contributed by atoms with Gasteiger partial charge in [-0.3, -0.25) is 5.10 Å². The monoisotopic (exact) mass is 242 g/mol. The Morgan fingerprint density at radius 1 is 1.18 bits per heavy atom. The van der Waals surface area contributed by atoms with E-state index in [1.807, 2.05) is 0 Å². The number of nitrogens with one attached hydrogen (secondary N) is 1. The van der Waals surface area contributed by atoms with Gasteiger partial charge in [-0.15, -0.1) is 5.10 Å². The highest BCUT2D eigenvalue weighted by molar-refractivity contribution is 5.29. The molecule has 0 aliphatic heterocycles. The minimum absolute atomic E-state index is 0.0861. The predicted molar refractivity (Wildman–Crippen MR) is 54.4 cm³/mol. The topological polar surface area (TPSA) is 37.9 Å². The summed E-state index contributed by atoms with van der Waals surface area (Å²) in [5.41, 5.74) is -0.599. The van der Waals surface area contributed by atoms with E-state index < -0.39 is 11.7 Å². The second-order valence-corrected chi connectivity index (χ2v) is 3.36. The molecule has 0 fully saturated rings. The average molecular weight is 242 g/mol. The number of nitrogens with zero attached hydrogens (tertiary/aromatic N) is 1. The number of hydrogen-bond acceptors (Lipinski definition) is 2. The van der Waals surface area contributed by atoms with Gasteiger partial charge in [0.15, 0.2) is 0 Å². The van der Waals surface area contributed by atoms with Crippen LogP contribution in [-0.4, -0.2) is 10.2 Å². The van der Waals surface area contributed by atoms with E-state index in [-0.39, 0.29) is 18.1 Å². The van der Waals surface area contributed by atoms with Gasteiger partial charge in [-0.25, -0.2) is 0 Å². The van der Waals surface area contributed by atoms with Crippen molar-refractivity contribution >= 4 is 0 Å². The van der Waals surface area contributed by atoms with Crippen LogP contribution in [0.1, 0.15) is 11.1 Å². The van der Waals surface area contributed by atoms with Crippen molar-refractivity contribution < 1.29 is 17.9 Å². The summed E-state index contributed by atoms with van der Waals surface area (Å²) < 4.78 is 43.0. The number of benzene rings is 1. The number of H-pyrrole nitrogens is 1. The Bertz CT molecular complexity index is 480. The quantitative estimate of drug-likeness (QED) is 0.898. The van der Waals surface area contributed by atoms with Gasteiger partial charge in [-0.2, -0.15) is 13.2 Å². The molecule has 2 aromatic rings. The van der Waals surface area contributed by atoms with Crippen LogP contribution in [0.15, 0.2) is 36.5 Å². The van der Waals surface area contributed by atoms with E-state index in [1.165, 1.54) is 24.4 Å². The van der Waals surface area contributed by atoms with E-state index in [0.29, 0.717) is 0 Å². The van der Waals surface area contributed by atoms with Crippen LogP contribution in [0.25, 0.3) is 0 Å². The highest BCUT2D eigenvalue weighted by Crippen LogP contribution is 2.32. The predicted octanol–water partition coefficient (Wildman–Crippen LogP) is 3.01. The molecule has 3 nitrogen and oxygen atoms in total. The van der Waals surface area contributed by atoms with Gasteiger partial charge in [0.2, 0.25) is 5.88 Å². The zero-order chi connectivity index (χ0) is 12.3. The van der Waals surface area contributed by atoms with Crippen LogP contribution in [0.4, 0.5) is 13.2 Å². The molecule has 1 aromatic carbocycles. The largest absolute Gasteiger partial charge is 0.472 e. The van der Waals surface area contributed by atoms with E-state index in [0.717, 1.165) is 6.07 Å². The molecule has 0 amide bonds. The second kappa shape index (κ2) is 4.48. The molecule has 90 valence electrons. The van der Waals surface area contributed by atoms with Crippen LogP contribution < -0.4 is 4.74 Å². The summed E-state index contributed by atoms with van der Waals surface area (Å²) in [7, 11) is 0. The van der Waals surface area contributed by atoms with Gasteiger partial charge in [0, 0.05) is 17.8 Å². The van der Waals surface area contributed by atoms with Crippen LogP contribution in [-0.2, 0) is 12.8 Å². The smallest absolute Gasteiger partial charge is 0.416 e. The van der Waals surface area contributed by atoms with Gasteiger partial charge in [0.05, 0.1) is 5.56 Å². The Morgan fingerprint density at radius 2 is 1.94 bits per heavy atom. The molecule has 0 bridgehead atoms. The first kappa shape index (κ1) is 11.5. The number of halogens is 3.